The van der Waals surface area contributed by atoms with Crippen LogP contribution < -0.4 is 10.1 Å². The molecule has 0 atom stereocenters. The molecule has 0 saturated carbocycles. The first-order valence-electron chi connectivity index (χ1n) is 10.6. The molecule has 1 saturated heterocycles. The Bertz CT molecular complexity index is 1190. The highest BCUT2D eigenvalue weighted by Crippen LogP contribution is 2.26. The Hall–Kier alpha value is -3.21. The lowest BCUT2D eigenvalue weighted by Crippen LogP contribution is -2.43. The molecule has 2 aromatic carbocycles. The number of methoxy groups -OCH3 is 1. The highest BCUT2D eigenvalue weighted by Gasteiger charge is 2.25. The van der Waals surface area contributed by atoms with Crippen molar-refractivity contribution in [3.8, 4) is 22.7 Å². The highest BCUT2D eigenvalue weighted by atomic mass is 32.2. The van der Waals surface area contributed by atoms with Crippen LogP contribution in [0.15, 0.2) is 60.8 Å². The van der Waals surface area contributed by atoms with E-state index in [0.29, 0.717) is 43.3 Å². The fourth-order valence-corrected chi connectivity index (χ4v) is 4.88. The number of ether oxygens (including phenoxy) is 2. The van der Waals surface area contributed by atoms with Crippen molar-refractivity contribution in [3.05, 3.63) is 66.4 Å². The Balaban J connectivity index is 1.54. The summed E-state index contributed by atoms with van der Waals surface area (Å²) in [6.07, 6.45) is 1.65. The third-order valence-electron chi connectivity index (χ3n) is 5.35. The molecule has 1 aromatic heterocycles. The summed E-state index contributed by atoms with van der Waals surface area (Å²) in [4.78, 5) is 13.1. The van der Waals surface area contributed by atoms with Gasteiger partial charge in [-0.2, -0.15) is 9.40 Å². The van der Waals surface area contributed by atoms with Gasteiger partial charge >= 0.3 is 0 Å². The number of benzene rings is 2. The average Bonchev–Trinajstić information content (AvgIpc) is 3.31. The number of sulfonamides is 1. The molecule has 1 aliphatic heterocycles. The molecular formula is C23H26N4O5S. The number of nitrogens with one attached hydrogen (secondary N) is 1. The van der Waals surface area contributed by atoms with Crippen LogP contribution >= 0.6 is 0 Å². The van der Waals surface area contributed by atoms with Crippen molar-refractivity contribution in [2.24, 2.45) is 0 Å². The Morgan fingerprint density at radius 1 is 1.09 bits per heavy atom. The molecule has 0 spiro atoms. The van der Waals surface area contributed by atoms with Crippen LogP contribution in [0.25, 0.3) is 16.9 Å². The summed E-state index contributed by atoms with van der Waals surface area (Å²) >= 11 is 0. The second-order valence-corrected chi connectivity index (χ2v) is 9.57. The minimum atomic E-state index is -3.47. The molecule has 2 heterocycles. The molecule has 3 aromatic rings. The van der Waals surface area contributed by atoms with E-state index >= 15 is 0 Å². The third kappa shape index (κ3) is 5.41. The van der Waals surface area contributed by atoms with Gasteiger partial charge in [-0.25, -0.2) is 13.1 Å². The maximum Gasteiger partial charge on any atom is 0.255 e. The van der Waals surface area contributed by atoms with Crippen molar-refractivity contribution in [2.45, 2.75) is 0 Å². The van der Waals surface area contributed by atoms with Gasteiger partial charge in [-0.15, -0.1) is 0 Å². The first-order chi connectivity index (χ1) is 16.0. The smallest absolute Gasteiger partial charge is 0.255 e. The molecule has 1 N–H and O–H groups in total. The molecule has 1 fully saturated rings. The van der Waals surface area contributed by atoms with Gasteiger partial charge in [-0.3, -0.25) is 4.79 Å². The van der Waals surface area contributed by atoms with Gasteiger partial charge in [0.15, 0.2) is 0 Å². The highest BCUT2D eigenvalue weighted by molar-refractivity contribution is 7.89. The van der Waals surface area contributed by atoms with Crippen LogP contribution in [0.4, 0.5) is 0 Å². The van der Waals surface area contributed by atoms with E-state index in [0.717, 1.165) is 11.3 Å². The summed E-state index contributed by atoms with van der Waals surface area (Å²) in [5, 5.41) is 7.37. The number of nitrogens with zero attached hydrogens (tertiary/aromatic N) is 3. The van der Waals surface area contributed by atoms with E-state index in [1.54, 1.807) is 30.1 Å². The van der Waals surface area contributed by atoms with Crippen LogP contribution in [0.5, 0.6) is 5.75 Å². The van der Waals surface area contributed by atoms with E-state index in [4.69, 9.17) is 9.47 Å². The monoisotopic (exact) mass is 470 g/mol. The Labute approximate surface area is 193 Å². The number of carbonyl (C=O) groups is 1. The lowest BCUT2D eigenvalue weighted by molar-refractivity contribution is 0.0730. The molecule has 10 heteroatoms. The largest absolute Gasteiger partial charge is 0.497 e. The lowest BCUT2D eigenvalue weighted by atomic mass is 10.1. The molecule has 0 radical (unpaired) electrons. The molecule has 0 aliphatic carbocycles. The number of hydrogen-bond donors (Lipinski definition) is 1. The fourth-order valence-electron chi connectivity index (χ4n) is 3.56. The summed E-state index contributed by atoms with van der Waals surface area (Å²) in [7, 11) is -1.88. The molecule has 9 nitrogen and oxygen atoms in total. The van der Waals surface area contributed by atoms with Gasteiger partial charge in [0.25, 0.3) is 5.91 Å². The van der Waals surface area contributed by atoms with Crippen LogP contribution in [-0.2, 0) is 14.8 Å². The number of hydrogen-bond acceptors (Lipinski definition) is 6. The van der Waals surface area contributed by atoms with Crippen molar-refractivity contribution >= 4 is 15.9 Å². The molecule has 4 rings (SSSR count). The maximum absolute atomic E-state index is 13.1. The number of carbonyl (C=O) groups excluding carboxylic acids is 1. The molecule has 1 amide bonds. The van der Waals surface area contributed by atoms with E-state index < -0.39 is 10.0 Å². The maximum atomic E-state index is 13.1. The van der Waals surface area contributed by atoms with Gasteiger partial charge in [0.1, 0.15) is 11.4 Å². The minimum absolute atomic E-state index is 0.00288. The van der Waals surface area contributed by atoms with Gasteiger partial charge in [0, 0.05) is 31.4 Å². The van der Waals surface area contributed by atoms with Gasteiger partial charge in [0.2, 0.25) is 10.0 Å². The number of amides is 1. The third-order valence-corrected chi connectivity index (χ3v) is 7.22. The molecule has 0 bridgehead atoms. The average molecular weight is 471 g/mol. The predicted molar refractivity (Wildman–Crippen MR) is 124 cm³/mol. The predicted octanol–water partition coefficient (Wildman–Crippen LogP) is 1.94. The summed E-state index contributed by atoms with van der Waals surface area (Å²) < 4.78 is 38.5. The minimum Gasteiger partial charge on any atom is -0.497 e. The number of rotatable bonds is 8. The lowest BCUT2D eigenvalue weighted by Gasteiger charge is -2.26. The van der Waals surface area contributed by atoms with Crippen LogP contribution in [0.1, 0.15) is 10.4 Å². The van der Waals surface area contributed by atoms with Crippen molar-refractivity contribution in [1.82, 2.24) is 19.4 Å². The van der Waals surface area contributed by atoms with Gasteiger partial charge < -0.3 is 14.8 Å². The first-order valence-corrected chi connectivity index (χ1v) is 12.2. The Morgan fingerprint density at radius 2 is 1.79 bits per heavy atom. The Kier molecular flexibility index (Phi) is 7.07. The standard InChI is InChI=1S/C23H26N4O5S/c1-31-20-9-7-18(8-10-20)22-21(17-27(25-22)19-5-3-2-4-6-19)23(28)24-11-16-33(29,30)26-12-14-32-15-13-26/h2-10,17H,11-16H2,1H3,(H,24,28). The van der Waals surface area contributed by atoms with E-state index in [1.807, 2.05) is 42.5 Å². The number of para-hydroxylation sites is 1. The van der Waals surface area contributed by atoms with Crippen molar-refractivity contribution < 1.29 is 22.7 Å². The van der Waals surface area contributed by atoms with E-state index in [9.17, 15) is 13.2 Å². The molecule has 0 unspecified atom stereocenters. The zero-order valence-electron chi connectivity index (χ0n) is 18.3. The van der Waals surface area contributed by atoms with Crippen LogP contribution in [-0.4, -0.2) is 74.1 Å². The quantitative estimate of drug-likeness (QED) is 0.540. The van der Waals surface area contributed by atoms with Gasteiger partial charge in [-0.1, -0.05) is 18.2 Å². The SMILES string of the molecule is COc1ccc(-c2nn(-c3ccccc3)cc2C(=O)NCCS(=O)(=O)N2CCOCC2)cc1. The van der Waals surface area contributed by atoms with Crippen LogP contribution in [0, 0.1) is 0 Å². The number of aromatic nitrogens is 2. The fraction of sp³-hybridized carbons (Fsp3) is 0.304. The topological polar surface area (TPSA) is 103 Å². The molecular weight excluding hydrogens is 444 g/mol. The second-order valence-electron chi connectivity index (χ2n) is 7.48. The summed E-state index contributed by atoms with van der Waals surface area (Å²) in [5.41, 5.74) is 2.40. The Morgan fingerprint density at radius 3 is 2.45 bits per heavy atom. The van der Waals surface area contributed by atoms with E-state index in [-0.39, 0.29) is 18.2 Å². The molecule has 33 heavy (non-hydrogen) atoms. The zero-order valence-corrected chi connectivity index (χ0v) is 19.1. The normalized spacial score (nSPS) is 14.7. The second kappa shape index (κ2) is 10.2. The summed E-state index contributed by atoms with van der Waals surface area (Å²) in [6.45, 7) is 1.44. The van der Waals surface area contributed by atoms with Crippen molar-refractivity contribution in [3.63, 3.8) is 0 Å². The molecule has 174 valence electrons. The van der Waals surface area contributed by atoms with Crippen LogP contribution in [0.3, 0.4) is 0 Å². The van der Waals surface area contributed by atoms with E-state index in [2.05, 4.69) is 10.4 Å². The summed E-state index contributed by atoms with van der Waals surface area (Å²) in [5.74, 6) is 0.129. The summed E-state index contributed by atoms with van der Waals surface area (Å²) in [6, 6.07) is 16.7. The van der Waals surface area contributed by atoms with Gasteiger partial charge in [0.05, 0.1) is 37.3 Å². The van der Waals surface area contributed by atoms with Gasteiger partial charge in [-0.05, 0) is 36.4 Å². The van der Waals surface area contributed by atoms with Crippen molar-refractivity contribution in [1.29, 1.82) is 0 Å². The first kappa shape index (κ1) is 23.0. The van der Waals surface area contributed by atoms with E-state index in [1.165, 1.54) is 4.31 Å². The zero-order chi connectivity index (χ0) is 23.3. The molecule has 1 aliphatic rings. The van der Waals surface area contributed by atoms with Crippen LogP contribution in [0.2, 0.25) is 0 Å². The number of morpholine rings is 1. The van der Waals surface area contributed by atoms with Crippen molar-refractivity contribution in [2.75, 3.05) is 45.7 Å².